The maximum Gasteiger partial charge on any atom is 0.312 e. The molecule has 6 nitrogen and oxygen atoms in total. The summed E-state index contributed by atoms with van der Waals surface area (Å²) in [6.45, 7) is 0.194. The molecule has 1 heterocycles. The number of aromatic nitrogens is 2. The Labute approximate surface area is 80.0 Å². The van der Waals surface area contributed by atoms with Crippen LogP contribution in [0.5, 0.6) is 0 Å². The second kappa shape index (κ2) is 4.90. The fourth-order valence-corrected chi connectivity index (χ4v) is 0.817. The molecule has 0 aliphatic rings. The van der Waals surface area contributed by atoms with Crippen LogP contribution in [-0.4, -0.2) is 27.2 Å². The van der Waals surface area contributed by atoms with Gasteiger partial charge in [-0.25, -0.2) is 0 Å². The van der Waals surface area contributed by atoms with Gasteiger partial charge in [0.2, 0.25) is 5.91 Å². The van der Waals surface area contributed by atoms with Gasteiger partial charge >= 0.3 is 5.97 Å². The molecule has 6 heteroatoms. The van der Waals surface area contributed by atoms with Crippen LogP contribution in [0.1, 0.15) is 12.1 Å². The van der Waals surface area contributed by atoms with Crippen molar-refractivity contribution >= 4 is 11.9 Å². The number of carboxylic acid groups (broad SMARTS) is 1. The number of nitrogens with zero attached hydrogens (tertiary/aromatic N) is 2. The summed E-state index contributed by atoms with van der Waals surface area (Å²) in [4.78, 5) is 21.0. The number of amides is 1. The number of hydrogen-bond donors (Lipinski definition) is 2. The highest BCUT2D eigenvalue weighted by atomic mass is 16.4. The van der Waals surface area contributed by atoms with Crippen molar-refractivity contribution in [3.05, 3.63) is 24.0 Å². The number of aliphatic carboxylic acids is 1. The lowest BCUT2D eigenvalue weighted by molar-refractivity contribution is -0.140. The van der Waals surface area contributed by atoms with Gasteiger partial charge in [0.25, 0.3) is 0 Å². The average Bonchev–Trinajstić information content (AvgIpc) is 2.15. The van der Waals surface area contributed by atoms with Crippen molar-refractivity contribution in [2.45, 2.75) is 13.0 Å². The third-order valence-corrected chi connectivity index (χ3v) is 1.41. The molecule has 1 rings (SSSR count). The first kappa shape index (κ1) is 10.1. The average molecular weight is 195 g/mol. The Kier molecular flexibility index (Phi) is 3.54. The summed E-state index contributed by atoms with van der Waals surface area (Å²) in [5.74, 6) is -1.69. The molecule has 0 spiro atoms. The van der Waals surface area contributed by atoms with E-state index in [-0.39, 0.29) is 6.54 Å². The predicted octanol–water partition coefficient (Wildman–Crippen LogP) is -0.433. The van der Waals surface area contributed by atoms with Gasteiger partial charge in [-0.1, -0.05) is 0 Å². The lowest BCUT2D eigenvalue weighted by atomic mass is 10.3. The smallest absolute Gasteiger partial charge is 0.312 e. The minimum Gasteiger partial charge on any atom is -0.481 e. The van der Waals surface area contributed by atoms with E-state index in [0.717, 1.165) is 0 Å². The molecular formula is C8H9N3O3. The predicted molar refractivity (Wildman–Crippen MR) is 46.1 cm³/mol. The maximum absolute atomic E-state index is 10.9. The summed E-state index contributed by atoms with van der Waals surface area (Å²) >= 11 is 0. The molecule has 0 saturated carbocycles. The summed E-state index contributed by atoms with van der Waals surface area (Å²) < 4.78 is 0. The van der Waals surface area contributed by atoms with E-state index in [2.05, 4.69) is 15.5 Å². The minimum absolute atomic E-state index is 0.194. The number of carboxylic acids is 1. The number of nitrogens with one attached hydrogen (secondary N) is 1. The van der Waals surface area contributed by atoms with Crippen LogP contribution in [0.2, 0.25) is 0 Å². The number of carbonyl (C=O) groups excluding carboxylic acids is 1. The number of rotatable bonds is 4. The Hall–Kier alpha value is -1.98. The standard InChI is InChI=1S/C8H9N3O3/c12-7(4-8(13)14)9-5-6-2-1-3-10-11-6/h1-3H,4-5H2,(H,9,12)(H,13,14). The lowest BCUT2D eigenvalue weighted by Crippen LogP contribution is -2.25. The van der Waals surface area contributed by atoms with Crippen LogP contribution in [0.4, 0.5) is 0 Å². The fourth-order valence-electron chi connectivity index (χ4n) is 0.817. The number of hydrogen-bond acceptors (Lipinski definition) is 4. The molecule has 0 fully saturated rings. The Morgan fingerprint density at radius 2 is 2.29 bits per heavy atom. The first-order chi connectivity index (χ1) is 6.68. The van der Waals surface area contributed by atoms with Gasteiger partial charge < -0.3 is 10.4 Å². The fraction of sp³-hybridized carbons (Fsp3) is 0.250. The van der Waals surface area contributed by atoms with E-state index in [1.807, 2.05) is 0 Å². The van der Waals surface area contributed by atoms with Crippen molar-refractivity contribution in [2.75, 3.05) is 0 Å². The quantitative estimate of drug-likeness (QED) is 0.636. The maximum atomic E-state index is 10.9. The van der Waals surface area contributed by atoms with Crippen LogP contribution in [0.3, 0.4) is 0 Å². The third kappa shape index (κ3) is 3.61. The summed E-state index contributed by atoms with van der Waals surface area (Å²) in [5, 5.41) is 18.0. The van der Waals surface area contributed by atoms with Gasteiger partial charge in [0, 0.05) is 6.20 Å². The SMILES string of the molecule is O=C(O)CC(=O)NCc1cccnn1. The van der Waals surface area contributed by atoms with Crippen LogP contribution >= 0.6 is 0 Å². The molecule has 14 heavy (non-hydrogen) atoms. The van der Waals surface area contributed by atoms with Gasteiger partial charge in [-0.15, -0.1) is 0 Å². The number of carbonyl (C=O) groups is 2. The first-order valence-electron chi connectivity index (χ1n) is 3.93. The second-order valence-electron chi connectivity index (χ2n) is 2.56. The molecular weight excluding hydrogens is 186 g/mol. The largest absolute Gasteiger partial charge is 0.481 e. The molecule has 0 aliphatic carbocycles. The van der Waals surface area contributed by atoms with Crippen LogP contribution in [0.15, 0.2) is 18.3 Å². The molecule has 0 bridgehead atoms. The molecule has 74 valence electrons. The summed E-state index contributed by atoms with van der Waals surface area (Å²) in [6, 6.07) is 3.37. The van der Waals surface area contributed by atoms with E-state index >= 15 is 0 Å². The lowest BCUT2D eigenvalue weighted by Gasteiger charge is -2.01. The highest BCUT2D eigenvalue weighted by molar-refractivity contribution is 5.93. The van der Waals surface area contributed by atoms with Crippen LogP contribution in [-0.2, 0) is 16.1 Å². The molecule has 0 atom stereocenters. The van der Waals surface area contributed by atoms with Gasteiger partial charge in [0.15, 0.2) is 0 Å². The Morgan fingerprint density at radius 1 is 1.50 bits per heavy atom. The zero-order valence-corrected chi connectivity index (χ0v) is 7.30. The minimum atomic E-state index is -1.15. The van der Waals surface area contributed by atoms with E-state index in [4.69, 9.17) is 5.11 Å². The topological polar surface area (TPSA) is 92.2 Å². The zero-order valence-electron chi connectivity index (χ0n) is 7.30. The van der Waals surface area contributed by atoms with Gasteiger partial charge in [-0.05, 0) is 12.1 Å². The Balaban J connectivity index is 2.34. The molecule has 1 aromatic rings. The van der Waals surface area contributed by atoms with Gasteiger partial charge in [-0.2, -0.15) is 10.2 Å². The van der Waals surface area contributed by atoms with E-state index in [1.54, 1.807) is 12.1 Å². The van der Waals surface area contributed by atoms with E-state index in [9.17, 15) is 9.59 Å². The van der Waals surface area contributed by atoms with Gasteiger partial charge in [-0.3, -0.25) is 9.59 Å². The highest BCUT2D eigenvalue weighted by Crippen LogP contribution is 1.90. The zero-order chi connectivity index (χ0) is 10.4. The van der Waals surface area contributed by atoms with Crippen molar-refractivity contribution < 1.29 is 14.7 Å². The normalized spacial score (nSPS) is 9.43. The van der Waals surface area contributed by atoms with Crippen LogP contribution in [0.25, 0.3) is 0 Å². The van der Waals surface area contributed by atoms with Crippen molar-refractivity contribution in [1.29, 1.82) is 0 Å². The Morgan fingerprint density at radius 3 is 2.86 bits per heavy atom. The van der Waals surface area contributed by atoms with Crippen molar-refractivity contribution in [3.63, 3.8) is 0 Å². The van der Waals surface area contributed by atoms with Crippen LogP contribution in [0, 0.1) is 0 Å². The monoisotopic (exact) mass is 195 g/mol. The van der Waals surface area contributed by atoms with E-state index in [1.165, 1.54) is 6.20 Å². The van der Waals surface area contributed by atoms with Crippen molar-refractivity contribution in [1.82, 2.24) is 15.5 Å². The molecule has 1 amide bonds. The van der Waals surface area contributed by atoms with Crippen molar-refractivity contribution in [3.8, 4) is 0 Å². The first-order valence-corrected chi connectivity index (χ1v) is 3.93. The molecule has 2 N–H and O–H groups in total. The molecule has 0 saturated heterocycles. The molecule has 0 aromatic carbocycles. The third-order valence-electron chi connectivity index (χ3n) is 1.41. The molecule has 1 aromatic heterocycles. The second-order valence-corrected chi connectivity index (χ2v) is 2.56. The van der Waals surface area contributed by atoms with Gasteiger partial charge in [0.1, 0.15) is 6.42 Å². The van der Waals surface area contributed by atoms with E-state index in [0.29, 0.717) is 5.69 Å². The molecule has 0 unspecified atom stereocenters. The van der Waals surface area contributed by atoms with Gasteiger partial charge in [0.05, 0.1) is 12.2 Å². The molecule has 0 aliphatic heterocycles. The highest BCUT2D eigenvalue weighted by Gasteiger charge is 2.06. The van der Waals surface area contributed by atoms with Crippen LogP contribution < -0.4 is 5.32 Å². The Bertz CT molecular complexity index is 326. The molecule has 0 radical (unpaired) electrons. The summed E-state index contributed by atoms with van der Waals surface area (Å²) in [5.41, 5.74) is 0.589. The van der Waals surface area contributed by atoms with E-state index < -0.39 is 18.3 Å². The summed E-state index contributed by atoms with van der Waals surface area (Å²) in [6.07, 6.45) is 0.989. The summed E-state index contributed by atoms with van der Waals surface area (Å²) in [7, 11) is 0. The van der Waals surface area contributed by atoms with Crippen molar-refractivity contribution in [2.24, 2.45) is 0 Å².